The summed E-state index contributed by atoms with van der Waals surface area (Å²) in [7, 11) is 0. The highest BCUT2D eigenvalue weighted by molar-refractivity contribution is 6.34. The molecule has 2 rings (SSSR count). The summed E-state index contributed by atoms with van der Waals surface area (Å²) in [6.45, 7) is 2.36. The number of phenols is 1. The first-order valence-corrected chi connectivity index (χ1v) is 6.17. The van der Waals surface area contributed by atoms with Gasteiger partial charge in [-0.2, -0.15) is 0 Å². The van der Waals surface area contributed by atoms with Crippen LogP contribution >= 0.6 is 23.2 Å². The first-order valence-electron chi connectivity index (χ1n) is 5.41. The quantitative estimate of drug-likeness (QED) is 0.836. The van der Waals surface area contributed by atoms with Crippen molar-refractivity contribution in [3.63, 3.8) is 0 Å². The van der Waals surface area contributed by atoms with Crippen molar-refractivity contribution in [3.05, 3.63) is 51.8 Å². The Hall–Kier alpha value is -1.45. The van der Waals surface area contributed by atoms with E-state index in [0.29, 0.717) is 16.9 Å². The van der Waals surface area contributed by atoms with Crippen LogP contribution in [-0.2, 0) is 6.54 Å². The van der Waals surface area contributed by atoms with Crippen LogP contribution in [0.15, 0.2) is 30.3 Å². The molecule has 0 saturated heterocycles. The molecule has 1 aromatic carbocycles. The van der Waals surface area contributed by atoms with E-state index < -0.39 is 0 Å². The van der Waals surface area contributed by atoms with Crippen molar-refractivity contribution < 1.29 is 5.11 Å². The molecule has 94 valence electrons. The Bertz CT molecular complexity index is 550. The maximum atomic E-state index is 9.66. The Morgan fingerprint density at radius 1 is 1.28 bits per heavy atom. The minimum absolute atomic E-state index is 0.251. The Kier molecular flexibility index (Phi) is 3.94. The Morgan fingerprint density at radius 3 is 2.67 bits per heavy atom. The summed E-state index contributed by atoms with van der Waals surface area (Å²) in [5.74, 6) is 0.251. The smallest absolute Gasteiger partial charge is 0.154 e. The molecule has 5 heteroatoms. The van der Waals surface area contributed by atoms with Crippen LogP contribution in [0.25, 0.3) is 0 Å². The Balaban J connectivity index is 2.19. The molecule has 1 heterocycles. The van der Waals surface area contributed by atoms with Crippen LogP contribution in [0.2, 0.25) is 10.3 Å². The van der Waals surface area contributed by atoms with E-state index in [9.17, 15) is 5.11 Å². The number of aryl methyl sites for hydroxylation is 1. The van der Waals surface area contributed by atoms with E-state index in [-0.39, 0.29) is 5.75 Å². The van der Waals surface area contributed by atoms with Gasteiger partial charge in [0, 0.05) is 12.1 Å². The molecule has 0 saturated carbocycles. The number of nitrogens with one attached hydrogen (secondary N) is 1. The zero-order valence-corrected chi connectivity index (χ0v) is 11.3. The highest BCUT2D eigenvalue weighted by Gasteiger charge is 2.08. The first-order chi connectivity index (χ1) is 8.58. The second-order valence-corrected chi connectivity index (χ2v) is 4.66. The van der Waals surface area contributed by atoms with Crippen molar-refractivity contribution in [1.29, 1.82) is 0 Å². The number of halogens is 2. The average Bonchev–Trinajstić information content (AvgIpc) is 2.30. The predicted molar refractivity (Wildman–Crippen MR) is 74.4 cm³/mol. The number of phenolic OH excluding ortho intramolecular Hbond substituents is 1. The van der Waals surface area contributed by atoms with Gasteiger partial charge < -0.3 is 10.4 Å². The highest BCUT2D eigenvalue weighted by atomic mass is 35.5. The molecule has 0 aliphatic carbocycles. The number of para-hydroxylation sites is 1. The number of nitrogens with zero attached hydrogens (tertiary/aromatic N) is 1. The van der Waals surface area contributed by atoms with Gasteiger partial charge >= 0.3 is 0 Å². The molecular weight excluding hydrogens is 271 g/mol. The lowest BCUT2D eigenvalue weighted by Crippen LogP contribution is -2.03. The van der Waals surface area contributed by atoms with Crippen molar-refractivity contribution in [1.82, 2.24) is 4.98 Å². The van der Waals surface area contributed by atoms with Crippen molar-refractivity contribution in [2.75, 3.05) is 5.32 Å². The molecule has 0 aliphatic heterocycles. The van der Waals surface area contributed by atoms with Crippen molar-refractivity contribution >= 4 is 28.9 Å². The maximum Gasteiger partial charge on any atom is 0.154 e. The fourth-order valence-corrected chi connectivity index (χ4v) is 2.25. The zero-order chi connectivity index (χ0) is 13.1. The van der Waals surface area contributed by atoms with E-state index in [0.717, 1.165) is 16.8 Å². The Morgan fingerprint density at radius 2 is 2.00 bits per heavy atom. The van der Waals surface area contributed by atoms with Gasteiger partial charge in [0.05, 0.1) is 5.69 Å². The summed E-state index contributed by atoms with van der Waals surface area (Å²) in [5, 5.41) is 13.5. The SMILES string of the molecule is Cc1cc(Cl)nc(Cl)c1NCc1ccccc1O. The maximum absolute atomic E-state index is 9.66. The van der Waals surface area contributed by atoms with E-state index in [1.54, 1.807) is 18.2 Å². The van der Waals surface area contributed by atoms with Crippen molar-refractivity contribution in [2.45, 2.75) is 13.5 Å². The van der Waals surface area contributed by atoms with E-state index >= 15 is 0 Å². The molecule has 0 aliphatic rings. The summed E-state index contributed by atoms with van der Waals surface area (Å²) in [5.41, 5.74) is 2.43. The number of hydrogen-bond acceptors (Lipinski definition) is 3. The van der Waals surface area contributed by atoms with Gasteiger partial charge in [-0.05, 0) is 24.6 Å². The number of aromatic nitrogens is 1. The minimum atomic E-state index is 0.251. The van der Waals surface area contributed by atoms with Gasteiger partial charge in [-0.1, -0.05) is 41.4 Å². The van der Waals surface area contributed by atoms with Crippen molar-refractivity contribution in [3.8, 4) is 5.75 Å². The van der Waals surface area contributed by atoms with Crippen LogP contribution in [0.1, 0.15) is 11.1 Å². The first kappa shape index (κ1) is 13.0. The number of pyridine rings is 1. The van der Waals surface area contributed by atoms with Crippen LogP contribution < -0.4 is 5.32 Å². The lowest BCUT2D eigenvalue weighted by Gasteiger charge is -2.12. The van der Waals surface area contributed by atoms with Gasteiger partial charge in [0.15, 0.2) is 5.15 Å². The molecule has 2 aromatic rings. The third-order valence-corrected chi connectivity index (χ3v) is 3.06. The molecule has 0 atom stereocenters. The molecule has 0 amide bonds. The van der Waals surface area contributed by atoms with Gasteiger partial charge in [0.2, 0.25) is 0 Å². The zero-order valence-electron chi connectivity index (χ0n) is 9.74. The number of rotatable bonds is 3. The summed E-state index contributed by atoms with van der Waals surface area (Å²) in [6, 6.07) is 8.87. The van der Waals surface area contributed by atoms with Gasteiger partial charge in [0.25, 0.3) is 0 Å². The van der Waals surface area contributed by atoms with Gasteiger partial charge in [0.1, 0.15) is 10.9 Å². The van der Waals surface area contributed by atoms with Gasteiger partial charge in [-0.15, -0.1) is 0 Å². The number of anilines is 1. The second-order valence-electron chi connectivity index (χ2n) is 3.91. The largest absolute Gasteiger partial charge is 0.508 e. The second kappa shape index (κ2) is 5.46. The summed E-state index contributed by atoms with van der Waals surface area (Å²) < 4.78 is 0. The number of hydrogen-bond donors (Lipinski definition) is 2. The Labute approximate surface area is 115 Å². The monoisotopic (exact) mass is 282 g/mol. The molecule has 0 bridgehead atoms. The predicted octanol–water partition coefficient (Wildman–Crippen LogP) is 4.01. The number of aromatic hydroxyl groups is 1. The highest BCUT2D eigenvalue weighted by Crippen LogP contribution is 2.27. The lowest BCUT2D eigenvalue weighted by atomic mass is 10.2. The van der Waals surface area contributed by atoms with E-state index in [2.05, 4.69) is 10.3 Å². The van der Waals surface area contributed by atoms with E-state index in [1.807, 2.05) is 19.1 Å². The molecule has 0 unspecified atom stereocenters. The topological polar surface area (TPSA) is 45.2 Å². The minimum Gasteiger partial charge on any atom is -0.508 e. The van der Waals surface area contributed by atoms with Crippen LogP contribution in [0.3, 0.4) is 0 Å². The van der Waals surface area contributed by atoms with Gasteiger partial charge in [-0.3, -0.25) is 0 Å². The van der Waals surface area contributed by atoms with E-state index in [1.165, 1.54) is 0 Å². The molecular formula is C13H12Cl2N2O. The molecule has 0 fully saturated rings. The molecule has 0 radical (unpaired) electrons. The molecule has 18 heavy (non-hydrogen) atoms. The van der Waals surface area contributed by atoms with Crippen LogP contribution in [0.5, 0.6) is 5.75 Å². The molecule has 1 aromatic heterocycles. The standard InChI is InChI=1S/C13H12Cl2N2O/c1-8-6-11(14)17-13(15)12(8)16-7-9-4-2-3-5-10(9)18/h2-6,16,18H,7H2,1H3. The third-order valence-electron chi connectivity index (χ3n) is 2.59. The molecule has 0 spiro atoms. The van der Waals surface area contributed by atoms with E-state index in [4.69, 9.17) is 23.2 Å². The van der Waals surface area contributed by atoms with Crippen LogP contribution in [0.4, 0.5) is 5.69 Å². The van der Waals surface area contributed by atoms with Gasteiger partial charge in [-0.25, -0.2) is 4.98 Å². The van der Waals surface area contributed by atoms with Crippen LogP contribution in [-0.4, -0.2) is 10.1 Å². The fraction of sp³-hybridized carbons (Fsp3) is 0.154. The molecule has 2 N–H and O–H groups in total. The summed E-state index contributed by atoms with van der Waals surface area (Å²) in [6.07, 6.45) is 0. The third kappa shape index (κ3) is 2.86. The molecule has 3 nitrogen and oxygen atoms in total. The fourth-order valence-electron chi connectivity index (χ4n) is 1.65. The summed E-state index contributed by atoms with van der Waals surface area (Å²) >= 11 is 11.8. The normalized spacial score (nSPS) is 10.4. The summed E-state index contributed by atoms with van der Waals surface area (Å²) in [4.78, 5) is 3.97. The average molecular weight is 283 g/mol. The lowest BCUT2D eigenvalue weighted by molar-refractivity contribution is 0.469. The van der Waals surface area contributed by atoms with Crippen LogP contribution in [0, 0.1) is 6.92 Å². The number of benzene rings is 1. The van der Waals surface area contributed by atoms with Crippen molar-refractivity contribution in [2.24, 2.45) is 0 Å².